The van der Waals surface area contributed by atoms with Crippen LogP contribution in [0.4, 0.5) is 0 Å². The van der Waals surface area contributed by atoms with Crippen molar-refractivity contribution in [3.63, 3.8) is 0 Å². The van der Waals surface area contributed by atoms with Crippen LogP contribution in [0.5, 0.6) is 0 Å². The van der Waals surface area contributed by atoms with E-state index in [4.69, 9.17) is 9.47 Å². The van der Waals surface area contributed by atoms with Gasteiger partial charge in [-0.2, -0.15) is 0 Å². The van der Waals surface area contributed by atoms with Gasteiger partial charge in [0.25, 0.3) is 0 Å². The second-order valence-electron chi connectivity index (χ2n) is 3.24. The molecule has 0 radical (unpaired) electrons. The minimum Gasteiger partial charge on any atom is -0.383 e. The highest BCUT2D eigenvalue weighted by atomic mass is 79.9. The molecule has 1 unspecified atom stereocenters. The van der Waals surface area contributed by atoms with Gasteiger partial charge in [-0.25, -0.2) is 0 Å². The largest absolute Gasteiger partial charge is 0.383 e. The summed E-state index contributed by atoms with van der Waals surface area (Å²) in [7, 11) is 1.75. The van der Waals surface area contributed by atoms with Crippen molar-refractivity contribution in [2.45, 2.75) is 12.5 Å². The van der Waals surface area contributed by atoms with Crippen molar-refractivity contribution >= 4 is 15.9 Å². The lowest BCUT2D eigenvalue weighted by atomic mass is 10.2. The minimum atomic E-state index is 0.604. The molecule has 78 valence electrons. The van der Waals surface area contributed by atoms with Crippen molar-refractivity contribution in [2.24, 2.45) is 0 Å². The van der Waals surface area contributed by atoms with Crippen LogP contribution in [0.3, 0.4) is 0 Å². The summed E-state index contributed by atoms with van der Waals surface area (Å²) in [6.07, 6.45) is 1.16. The second-order valence-corrected chi connectivity index (χ2v) is 4.03. The van der Waals surface area contributed by atoms with Crippen LogP contribution in [0, 0.1) is 0 Å². The van der Waals surface area contributed by atoms with Crippen molar-refractivity contribution in [3.8, 4) is 0 Å². The molecule has 0 N–H and O–H groups in total. The molecule has 0 aromatic heterocycles. The van der Waals surface area contributed by atoms with Crippen LogP contribution in [0.25, 0.3) is 0 Å². The Balaban J connectivity index is 2.26. The van der Waals surface area contributed by atoms with Gasteiger partial charge in [0.15, 0.2) is 0 Å². The molecule has 0 aromatic rings. The third kappa shape index (κ3) is 3.94. The number of nitrogens with zero attached hydrogens (tertiary/aromatic N) is 1. The van der Waals surface area contributed by atoms with Crippen LogP contribution < -0.4 is 0 Å². The van der Waals surface area contributed by atoms with Gasteiger partial charge in [0.1, 0.15) is 0 Å². The highest BCUT2D eigenvalue weighted by Gasteiger charge is 2.22. The summed E-state index contributed by atoms with van der Waals surface area (Å²) in [5, 5.41) is 1.02. The molecule has 1 atom stereocenters. The Morgan fingerprint density at radius 1 is 1.54 bits per heavy atom. The van der Waals surface area contributed by atoms with E-state index >= 15 is 0 Å². The fourth-order valence-corrected chi connectivity index (χ4v) is 2.06. The number of methoxy groups -OCH3 is 1. The topological polar surface area (TPSA) is 21.7 Å². The summed E-state index contributed by atoms with van der Waals surface area (Å²) < 4.78 is 10.4. The van der Waals surface area contributed by atoms with Crippen molar-refractivity contribution in [1.82, 2.24) is 4.90 Å². The molecule has 1 aliphatic heterocycles. The Kier molecular flexibility index (Phi) is 5.95. The first kappa shape index (κ1) is 11.4. The predicted octanol–water partition coefficient (Wildman–Crippen LogP) is 1.12. The number of hydrogen-bond donors (Lipinski definition) is 0. The van der Waals surface area contributed by atoms with Gasteiger partial charge in [-0.15, -0.1) is 0 Å². The molecule has 1 heterocycles. The third-order valence-corrected chi connectivity index (χ3v) is 2.73. The van der Waals surface area contributed by atoms with Crippen LogP contribution in [0.15, 0.2) is 0 Å². The standard InChI is InChI=1S/C9H18BrNO2/c1-12-7-5-11(4-3-10)9-2-6-13-8-9/h9H,2-8H2,1H3. The maximum absolute atomic E-state index is 5.37. The molecule has 0 amide bonds. The lowest BCUT2D eigenvalue weighted by Crippen LogP contribution is -2.39. The van der Waals surface area contributed by atoms with Gasteiger partial charge in [0, 0.05) is 38.2 Å². The molecular formula is C9H18BrNO2. The zero-order valence-electron chi connectivity index (χ0n) is 8.17. The van der Waals surface area contributed by atoms with Gasteiger partial charge in [0.2, 0.25) is 0 Å². The van der Waals surface area contributed by atoms with Crippen molar-refractivity contribution < 1.29 is 9.47 Å². The van der Waals surface area contributed by atoms with E-state index in [9.17, 15) is 0 Å². The molecule has 1 fully saturated rings. The molecule has 0 spiro atoms. The number of hydrogen-bond acceptors (Lipinski definition) is 3. The van der Waals surface area contributed by atoms with E-state index in [0.717, 1.165) is 44.7 Å². The average Bonchev–Trinajstić information content (AvgIpc) is 2.65. The molecule has 1 saturated heterocycles. The van der Waals surface area contributed by atoms with Gasteiger partial charge in [-0.3, -0.25) is 4.90 Å². The minimum absolute atomic E-state index is 0.604. The average molecular weight is 252 g/mol. The molecule has 13 heavy (non-hydrogen) atoms. The first-order valence-corrected chi connectivity index (χ1v) is 5.87. The van der Waals surface area contributed by atoms with Crippen molar-refractivity contribution in [3.05, 3.63) is 0 Å². The van der Waals surface area contributed by atoms with E-state index < -0.39 is 0 Å². The number of rotatable bonds is 6. The second kappa shape index (κ2) is 6.76. The van der Waals surface area contributed by atoms with Crippen LogP contribution in [0.2, 0.25) is 0 Å². The number of halogens is 1. The van der Waals surface area contributed by atoms with Gasteiger partial charge in [-0.1, -0.05) is 15.9 Å². The molecule has 0 bridgehead atoms. The number of alkyl halides is 1. The van der Waals surface area contributed by atoms with Crippen LogP contribution in [-0.4, -0.2) is 56.3 Å². The van der Waals surface area contributed by atoms with E-state index in [0.29, 0.717) is 6.04 Å². The van der Waals surface area contributed by atoms with E-state index in [1.807, 2.05) is 0 Å². The third-order valence-electron chi connectivity index (χ3n) is 2.38. The molecular weight excluding hydrogens is 234 g/mol. The molecule has 0 aliphatic carbocycles. The van der Waals surface area contributed by atoms with E-state index in [2.05, 4.69) is 20.8 Å². The molecule has 1 aliphatic rings. The monoisotopic (exact) mass is 251 g/mol. The summed E-state index contributed by atoms with van der Waals surface area (Å²) in [5.41, 5.74) is 0. The summed E-state index contributed by atoms with van der Waals surface area (Å²) in [6, 6.07) is 0.604. The van der Waals surface area contributed by atoms with Gasteiger partial charge in [0.05, 0.1) is 13.2 Å². The van der Waals surface area contributed by atoms with Gasteiger partial charge in [-0.05, 0) is 6.42 Å². The highest BCUT2D eigenvalue weighted by Crippen LogP contribution is 2.12. The van der Waals surface area contributed by atoms with E-state index in [1.165, 1.54) is 0 Å². The molecule has 1 rings (SSSR count). The van der Waals surface area contributed by atoms with Crippen molar-refractivity contribution in [2.75, 3.05) is 45.4 Å². The SMILES string of the molecule is COCCN(CCBr)C1CCOC1. The van der Waals surface area contributed by atoms with Gasteiger partial charge >= 0.3 is 0 Å². The maximum Gasteiger partial charge on any atom is 0.0622 e. The van der Waals surface area contributed by atoms with Crippen molar-refractivity contribution in [1.29, 1.82) is 0 Å². The number of ether oxygens (including phenoxy) is 2. The maximum atomic E-state index is 5.37. The van der Waals surface area contributed by atoms with Gasteiger partial charge < -0.3 is 9.47 Å². The van der Waals surface area contributed by atoms with E-state index in [1.54, 1.807) is 7.11 Å². The van der Waals surface area contributed by atoms with Crippen LogP contribution in [0.1, 0.15) is 6.42 Å². The molecule has 3 nitrogen and oxygen atoms in total. The van der Waals surface area contributed by atoms with Crippen LogP contribution >= 0.6 is 15.9 Å². The fraction of sp³-hybridized carbons (Fsp3) is 1.00. The Bertz CT molecular complexity index is 129. The Labute approximate surface area is 88.5 Å². The first-order chi connectivity index (χ1) is 6.38. The summed E-state index contributed by atoms with van der Waals surface area (Å²) in [6.45, 7) is 4.70. The lowest BCUT2D eigenvalue weighted by molar-refractivity contribution is 0.110. The molecule has 0 aromatic carbocycles. The quantitative estimate of drug-likeness (QED) is 0.661. The smallest absolute Gasteiger partial charge is 0.0622 e. The Morgan fingerprint density at radius 3 is 2.92 bits per heavy atom. The zero-order valence-corrected chi connectivity index (χ0v) is 9.75. The lowest BCUT2D eigenvalue weighted by Gasteiger charge is -2.26. The summed E-state index contributed by atoms with van der Waals surface area (Å²) in [5.74, 6) is 0. The Hall–Kier alpha value is 0.360. The normalized spacial score (nSPS) is 22.8. The predicted molar refractivity (Wildman–Crippen MR) is 56.5 cm³/mol. The molecule has 4 heteroatoms. The van der Waals surface area contributed by atoms with E-state index in [-0.39, 0.29) is 0 Å². The summed E-state index contributed by atoms with van der Waals surface area (Å²) >= 11 is 3.47. The van der Waals surface area contributed by atoms with Crippen LogP contribution in [-0.2, 0) is 9.47 Å². The first-order valence-electron chi connectivity index (χ1n) is 4.75. The molecule has 0 saturated carbocycles. The summed E-state index contributed by atoms with van der Waals surface area (Å²) in [4.78, 5) is 2.44. The Morgan fingerprint density at radius 2 is 2.38 bits per heavy atom. The highest BCUT2D eigenvalue weighted by molar-refractivity contribution is 9.09. The zero-order chi connectivity index (χ0) is 9.52. The fourth-order valence-electron chi connectivity index (χ4n) is 1.60.